The summed E-state index contributed by atoms with van der Waals surface area (Å²) in [5.41, 5.74) is 0.707. The number of para-hydroxylation sites is 1. The molecule has 5 nitrogen and oxygen atoms in total. The second kappa shape index (κ2) is 7.56. The van der Waals surface area contributed by atoms with E-state index in [2.05, 4.69) is 5.32 Å². The molecule has 1 N–H and O–H groups in total. The molecule has 1 saturated heterocycles. The Kier molecular flexibility index (Phi) is 5.42. The van der Waals surface area contributed by atoms with Gasteiger partial charge in [-0.3, -0.25) is 4.79 Å². The average molecular weight is 379 g/mol. The molecule has 2 aromatic carbocycles. The summed E-state index contributed by atoms with van der Waals surface area (Å²) in [7, 11) is -3.71. The van der Waals surface area contributed by atoms with Gasteiger partial charge in [0.2, 0.25) is 15.9 Å². The predicted molar refractivity (Wildman–Crippen MR) is 98.0 cm³/mol. The average Bonchev–Trinajstić information content (AvgIpc) is 2.63. The van der Waals surface area contributed by atoms with Crippen molar-refractivity contribution in [2.24, 2.45) is 5.92 Å². The largest absolute Gasteiger partial charge is 0.326 e. The summed E-state index contributed by atoms with van der Waals surface area (Å²) in [6.07, 6.45) is 1.30. The zero-order valence-corrected chi connectivity index (χ0v) is 15.1. The number of rotatable bonds is 4. The van der Waals surface area contributed by atoms with E-state index >= 15 is 0 Å². The van der Waals surface area contributed by atoms with Gasteiger partial charge in [0, 0.05) is 18.8 Å². The number of nitrogens with zero attached hydrogens (tertiary/aromatic N) is 1. The number of carbonyl (C=O) groups excluding carboxylic acids is 1. The fourth-order valence-electron chi connectivity index (χ4n) is 2.93. The fraction of sp³-hybridized carbons (Fsp3) is 0.278. The number of hydrogen-bond acceptors (Lipinski definition) is 3. The van der Waals surface area contributed by atoms with Crippen LogP contribution in [-0.2, 0) is 14.8 Å². The van der Waals surface area contributed by atoms with Crippen LogP contribution in [0.15, 0.2) is 59.5 Å². The van der Waals surface area contributed by atoms with Gasteiger partial charge in [0.1, 0.15) is 4.90 Å². The Bertz CT molecular complexity index is 856. The van der Waals surface area contributed by atoms with E-state index in [1.807, 2.05) is 18.2 Å². The first-order valence-electron chi connectivity index (χ1n) is 8.09. The summed E-state index contributed by atoms with van der Waals surface area (Å²) >= 11 is 6.05. The van der Waals surface area contributed by atoms with Crippen molar-refractivity contribution < 1.29 is 13.2 Å². The molecule has 1 aliphatic heterocycles. The molecular formula is C18H19ClN2O3S. The van der Waals surface area contributed by atoms with Crippen LogP contribution in [0.25, 0.3) is 0 Å². The molecule has 1 heterocycles. The minimum Gasteiger partial charge on any atom is -0.326 e. The third-order valence-corrected chi connectivity index (χ3v) is 6.62. The lowest BCUT2D eigenvalue weighted by Gasteiger charge is -2.31. The van der Waals surface area contributed by atoms with Crippen molar-refractivity contribution in [3.8, 4) is 0 Å². The third-order valence-electron chi connectivity index (χ3n) is 4.25. The monoisotopic (exact) mass is 378 g/mol. The zero-order valence-electron chi connectivity index (χ0n) is 13.6. The SMILES string of the molecule is O=C(Nc1ccccc1)C1CCCN(S(=O)(=O)c2ccccc2Cl)C1. The van der Waals surface area contributed by atoms with Crippen molar-refractivity contribution in [3.63, 3.8) is 0 Å². The van der Waals surface area contributed by atoms with E-state index in [1.165, 1.54) is 10.4 Å². The summed E-state index contributed by atoms with van der Waals surface area (Å²) in [5.74, 6) is -0.545. The number of halogens is 1. The number of piperidine rings is 1. The van der Waals surface area contributed by atoms with E-state index in [-0.39, 0.29) is 28.3 Å². The molecule has 3 rings (SSSR count). The second-order valence-electron chi connectivity index (χ2n) is 5.99. The van der Waals surface area contributed by atoms with Gasteiger partial charge in [-0.05, 0) is 37.1 Å². The highest BCUT2D eigenvalue weighted by atomic mass is 35.5. The normalized spacial score (nSPS) is 18.7. The Hall–Kier alpha value is -1.89. The van der Waals surface area contributed by atoms with Crippen LogP contribution in [0.5, 0.6) is 0 Å². The number of carbonyl (C=O) groups is 1. The van der Waals surface area contributed by atoms with Crippen molar-refractivity contribution in [2.75, 3.05) is 18.4 Å². The standard InChI is InChI=1S/C18H19ClN2O3S/c19-16-10-4-5-11-17(16)25(23,24)21-12-6-7-14(13-21)18(22)20-15-8-2-1-3-9-15/h1-5,8-11,14H,6-7,12-13H2,(H,20,22). The maximum atomic E-state index is 12.8. The molecular weight excluding hydrogens is 360 g/mol. The summed E-state index contributed by atoms with van der Waals surface area (Å²) in [4.78, 5) is 12.6. The minimum atomic E-state index is -3.71. The van der Waals surface area contributed by atoms with Gasteiger partial charge in [0.05, 0.1) is 10.9 Å². The number of sulfonamides is 1. The lowest BCUT2D eigenvalue weighted by Crippen LogP contribution is -2.43. The van der Waals surface area contributed by atoms with Crippen LogP contribution >= 0.6 is 11.6 Å². The van der Waals surface area contributed by atoms with Crippen LogP contribution in [0.4, 0.5) is 5.69 Å². The van der Waals surface area contributed by atoms with Crippen molar-refractivity contribution in [1.29, 1.82) is 0 Å². The van der Waals surface area contributed by atoms with Crippen molar-refractivity contribution in [2.45, 2.75) is 17.7 Å². The van der Waals surface area contributed by atoms with Gasteiger partial charge in [-0.25, -0.2) is 8.42 Å². The van der Waals surface area contributed by atoms with Crippen LogP contribution < -0.4 is 5.32 Å². The Morgan fingerprint density at radius 1 is 1.08 bits per heavy atom. The quantitative estimate of drug-likeness (QED) is 0.886. The van der Waals surface area contributed by atoms with E-state index in [1.54, 1.807) is 30.3 Å². The summed E-state index contributed by atoms with van der Waals surface area (Å²) in [6.45, 7) is 0.550. The first-order chi connectivity index (χ1) is 12.0. The predicted octanol–water partition coefficient (Wildman–Crippen LogP) is 3.38. The highest BCUT2D eigenvalue weighted by molar-refractivity contribution is 7.89. The van der Waals surface area contributed by atoms with Crippen molar-refractivity contribution >= 4 is 33.2 Å². The van der Waals surface area contributed by atoms with Gasteiger partial charge in [0.15, 0.2) is 0 Å². The van der Waals surface area contributed by atoms with Crippen molar-refractivity contribution in [1.82, 2.24) is 4.31 Å². The molecule has 2 aromatic rings. The molecule has 25 heavy (non-hydrogen) atoms. The second-order valence-corrected chi connectivity index (χ2v) is 8.30. The molecule has 132 valence electrons. The zero-order chi connectivity index (χ0) is 17.9. The smallest absolute Gasteiger partial charge is 0.244 e. The van der Waals surface area contributed by atoms with Gasteiger partial charge < -0.3 is 5.32 Å². The van der Waals surface area contributed by atoms with Gasteiger partial charge in [-0.1, -0.05) is 41.9 Å². The van der Waals surface area contributed by atoms with Crippen LogP contribution in [0.3, 0.4) is 0 Å². The Balaban J connectivity index is 1.75. The highest BCUT2D eigenvalue weighted by Crippen LogP contribution is 2.28. The highest BCUT2D eigenvalue weighted by Gasteiger charge is 2.34. The number of hydrogen-bond donors (Lipinski definition) is 1. The van der Waals surface area contributed by atoms with Gasteiger partial charge in [-0.15, -0.1) is 0 Å². The van der Waals surface area contributed by atoms with Crippen LogP contribution in [-0.4, -0.2) is 31.7 Å². The first kappa shape index (κ1) is 17.9. The lowest BCUT2D eigenvalue weighted by atomic mass is 9.99. The van der Waals surface area contributed by atoms with E-state index in [4.69, 9.17) is 11.6 Å². The molecule has 0 bridgehead atoms. The number of benzene rings is 2. The topological polar surface area (TPSA) is 66.5 Å². The first-order valence-corrected chi connectivity index (χ1v) is 9.91. The Labute approximate surface area is 152 Å². The summed E-state index contributed by atoms with van der Waals surface area (Å²) in [6, 6.07) is 15.5. The summed E-state index contributed by atoms with van der Waals surface area (Å²) in [5, 5.41) is 3.04. The molecule has 7 heteroatoms. The molecule has 1 unspecified atom stereocenters. The molecule has 1 amide bonds. The molecule has 0 saturated carbocycles. The van der Waals surface area contributed by atoms with E-state index in [0.717, 1.165) is 0 Å². The van der Waals surface area contributed by atoms with Crippen LogP contribution in [0.2, 0.25) is 5.02 Å². The molecule has 0 spiro atoms. The Morgan fingerprint density at radius 3 is 2.48 bits per heavy atom. The third kappa shape index (κ3) is 4.03. The number of anilines is 1. The molecule has 1 aliphatic rings. The van der Waals surface area contributed by atoms with Crippen LogP contribution in [0, 0.1) is 5.92 Å². The molecule has 0 aliphatic carbocycles. The van der Waals surface area contributed by atoms with Gasteiger partial charge in [0.25, 0.3) is 0 Å². The van der Waals surface area contributed by atoms with E-state index in [0.29, 0.717) is 25.1 Å². The molecule has 1 atom stereocenters. The lowest BCUT2D eigenvalue weighted by molar-refractivity contribution is -0.120. The molecule has 0 radical (unpaired) electrons. The van der Waals surface area contributed by atoms with Crippen molar-refractivity contribution in [3.05, 3.63) is 59.6 Å². The van der Waals surface area contributed by atoms with E-state index in [9.17, 15) is 13.2 Å². The fourth-order valence-corrected chi connectivity index (χ4v) is 4.95. The number of nitrogens with one attached hydrogen (secondary N) is 1. The minimum absolute atomic E-state index is 0.0841. The molecule has 0 aromatic heterocycles. The Morgan fingerprint density at radius 2 is 1.76 bits per heavy atom. The maximum absolute atomic E-state index is 12.8. The van der Waals surface area contributed by atoms with Crippen LogP contribution in [0.1, 0.15) is 12.8 Å². The summed E-state index contributed by atoms with van der Waals surface area (Å²) < 4.78 is 27.0. The molecule has 1 fully saturated rings. The van der Waals surface area contributed by atoms with E-state index < -0.39 is 10.0 Å². The number of amides is 1. The van der Waals surface area contributed by atoms with Gasteiger partial charge in [-0.2, -0.15) is 4.31 Å². The maximum Gasteiger partial charge on any atom is 0.244 e. The van der Waals surface area contributed by atoms with Gasteiger partial charge >= 0.3 is 0 Å².